The fourth-order valence-electron chi connectivity index (χ4n) is 2.15. The lowest BCUT2D eigenvalue weighted by Gasteiger charge is -2.08. The number of carbonyl (C=O) groups excluding carboxylic acids is 1. The molecule has 1 aromatic heterocycles. The highest BCUT2D eigenvalue weighted by molar-refractivity contribution is 7.09. The Bertz CT molecular complexity index is 1070. The van der Waals surface area contributed by atoms with Crippen LogP contribution in [0, 0.1) is 23.5 Å². The minimum absolute atomic E-state index is 0.0652. The van der Waals surface area contributed by atoms with Crippen LogP contribution in [0.15, 0.2) is 41.8 Å². The van der Waals surface area contributed by atoms with Crippen LogP contribution in [0.3, 0.4) is 0 Å². The Labute approximate surface area is 162 Å². The lowest BCUT2D eigenvalue weighted by atomic mass is 10.2. The Hall–Kier alpha value is -2.95. The first-order chi connectivity index (χ1) is 12.9. The minimum Gasteiger partial charge on any atom is -0.483 e. The Kier molecular flexibility index (Phi) is 5.69. The summed E-state index contributed by atoms with van der Waals surface area (Å²) in [6, 6.07) is 9.11. The van der Waals surface area contributed by atoms with E-state index in [2.05, 4.69) is 16.8 Å². The Balaban J connectivity index is 1.71. The Morgan fingerprint density at radius 1 is 1.26 bits per heavy atom. The molecule has 3 rings (SSSR count). The predicted molar refractivity (Wildman–Crippen MR) is 98.8 cm³/mol. The van der Waals surface area contributed by atoms with E-state index in [0.29, 0.717) is 15.7 Å². The molecule has 0 saturated carbocycles. The number of benzene rings is 2. The first-order valence-electron chi connectivity index (χ1n) is 7.56. The zero-order valence-corrected chi connectivity index (χ0v) is 15.2. The molecular formula is C19H11ClF2N2O2S. The molecule has 0 spiro atoms. The third-order valence-corrected chi connectivity index (χ3v) is 4.42. The smallest absolute Gasteiger partial charge is 0.254 e. The molecule has 0 atom stereocenters. The van der Waals surface area contributed by atoms with Gasteiger partial charge in [0.05, 0.1) is 0 Å². The van der Waals surface area contributed by atoms with E-state index in [-0.39, 0.29) is 12.4 Å². The summed E-state index contributed by atoms with van der Waals surface area (Å²) in [6.07, 6.45) is 0. The SMILES string of the molecule is NC(=O)c1c(F)ccc(OCc2nc(C#Cc3cccc(Cl)c3)cs2)c1F. The van der Waals surface area contributed by atoms with Crippen molar-refractivity contribution >= 4 is 28.8 Å². The summed E-state index contributed by atoms with van der Waals surface area (Å²) >= 11 is 7.18. The first-order valence-corrected chi connectivity index (χ1v) is 8.82. The second-order valence-corrected chi connectivity index (χ2v) is 6.65. The number of thiazole rings is 1. The van der Waals surface area contributed by atoms with Crippen LogP contribution in [0.2, 0.25) is 5.02 Å². The molecule has 0 aliphatic rings. The lowest BCUT2D eigenvalue weighted by molar-refractivity contribution is 0.0991. The molecule has 0 unspecified atom stereocenters. The summed E-state index contributed by atoms with van der Waals surface area (Å²) in [4.78, 5) is 15.4. The van der Waals surface area contributed by atoms with Gasteiger partial charge in [0.15, 0.2) is 11.6 Å². The van der Waals surface area contributed by atoms with Gasteiger partial charge in [0.2, 0.25) is 0 Å². The highest BCUT2D eigenvalue weighted by Crippen LogP contribution is 2.24. The predicted octanol–water partition coefficient (Wildman–Crippen LogP) is 4.15. The largest absolute Gasteiger partial charge is 0.483 e. The summed E-state index contributed by atoms with van der Waals surface area (Å²) < 4.78 is 32.9. The Morgan fingerprint density at radius 2 is 2.07 bits per heavy atom. The third-order valence-electron chi connectivity index (χ3n) is 3.36. The van der Waals surface area contributed by atoms with Crippen LogP contribution < -0.4 is 10.5 Å². The molecule has 1 amide bonds. The van der Waals surface area contributed by atoms with Crippen molar-refractivity contribution < 1.29 is 18.3 Å². The number of hydrogen-bond acceptors (Lipinski definition) is 4. The number of hydrogen-bond donors (Lipinski definition) is 1. The molecule has 0 radical (unpaired) electrons. The fourth-order valence-corrected chi connectivity index (χ4v) is 2.97. The molecule has 4 nitrogen and oxygen atoms in total. The lowest BCUT2D eigenvalue weighted by Crippen LogP contribution is -2.16. The topological polar surface area (TPSA) is 65.2 Å². The molecule has 0 bridgehead atoms. The van der Waals surface area contributed by atoms with Gasteiger partial charge in [-0.05, 0) is 36.3 Å². The van der Waals surface area contributed by atoms with Gasteiger partial charge in [-0.15, -0.1) is 11.3 Å². The zero-order chi connectivity index (χ0) is 19.4. The van der Waals surface area contributed by atoms with Crippen LogP contribution >= 0.6 is 22.9 Å². The van der Waals surface area contributed by atoms with Gasteiger partial charge in [0.1, 0.15) is 28.7 Å². The highest BCUT2D eigenvalue weighted by atomic mass is 35.5. The van der Waals surface area contributed by atoms with E-state index in [1.54, 1.807) is 23.6 Å². The molecule has 0 aliphatic carbocycles. The Morgan fingerprint density at radius 3 is 2.81 bits per heavy atom. The van der Waals surface area contributed by atoms with Crippen molar-refractivity contribution in [3.05, 3.63) is 80.3 Å². The molecule has 8 heteroatoms. The number of rotatable bonds is 4. The summed E-state index contributed by atoms with van der Waals surface area (Å²) in [5.41, 5.74) is 5.42. The highest BCUT2D eigenvalue weighted by Gasteiger charge is 2.19. The van der Waals surface area contributed by atoms with Crippen LogP contribution in [0.4, 0.5) is 8.78 Å². The van der Waals surface area contributed by atoms with E-state index in [1.165, 1.54) is 11.3 Å². The van der Waals surface area contributed by atoms with Crippen molar-refractivity contribution in [1.29, 1.82) is 0 Å². The number of nitrogens with two attached hydrogens (primary N) is 1. The normalized spacial score (nSPS) is 10.2. The first kappa shape index (κ1) is 18.8. The van der Waals surface area contributed by atoms with Gasteiger partial charge in [-0.1, -0.05) is 23.6 Å². The molecule has 2 N–H and O–H groups in total. The summed E-state index contributed by atoms with van der Waals surface area (Å²) in [5, 5.41) is 2.85. The van der Waals surface area contributed by atoms with Crippen LogP contribution in [0.5, 0.6) is 5.75 Å². The third kappa shape index (κ3) is 4.61. The van der Waals surface area contributed by atoms with Gasteiger partial charge < -0.3 is 10.5 Å². The standard InChI is InChI=1S/C19H11ClF2N2O2S/c20-12-3-1-2-11(8-12)4-5-13-10-27-16(24-13)9-26-15-7-6-14(21)17(18(15)22)19(23)25/h1-3,6-8,10H,9H2,(H2,23,25). The van der Waals surface area contributed by atoms with E-state index in [1.807, 2.05) is 6.07 Å². The second kappa shape index (κ2) is 8.16. The van der Waals surface area contributed by atoms with Crippen molar-refractivity contribution in [2.45, 2.75) is 6.61 Å². The maximum Gasteiger partial charge on any atom is 0.254 e. The average molecular weight is 405 g/mol. The number of aromatic nitrogens is 1. The van der Waals surface area contributed by atoms with Crippen LogP contribution in [0.1, 0.15) is 26.6 Å². The number of halogens is 3. The van der Waals surface area contributed by atoms with E-state index in [0.717, 1.165) is 17.7 Å². The van der Waals surface area contributed by atoms with Gasteiger partial charge in [-0.3, -0.25) is 4.79 Å². The van der Waals surface area contributed by atoms with Crippen LogP contribution in [-0.4, -0.2) is 10.9 Å². The van der Waals surface area contributed by atoms with Crippen molar-refractivity contribution in [2.24, 2.45) is 5.73 Å². The van der Waals surface area contributed by atoms with Crippen molar-refractivity contribution in [1.82, 2.24) is 4.98 Å². The number of ether oxygens (including phenoxy) is 1. The van der Waals surface area contributed by atoms with Gasteiger partial charge in [-0.2, -0.15) is 0 Å². The van der Waals surface area contributed by atoms with Crippen molar-refractivity contribution in [3.63, 3.8) is 0 Å². The molecule has 0 aliphatic heterocycles. The molecule has 27 heavy (non-hydrogen) atoms. The van der Waals surface area contributed by atoms with E-state index in [9.17, 15) is 13.6 Å². The molecule has 136 valence electrons. The molecule has 3 aromatic rings. The van der Waals surface area contributed by atoms with E-state index in [4.69, 9.17) is 22.1 Å². The molecule has 2 aromatic carbocycles. The van der Waals surface area contributed by atoms with Crippen LogP contribution in [-0.2, 0) is 6.61 Å². The molecular weight excluding hydrogens is 394 g/mol. The van der Waals surface area contributed by atoms with E-state index >= 15 is 0 Å². The van der Waals surface area contributed by atoms with E-state index < -0.39 is 23.1 Å². The van der Waals surface area contributed by atoms with Crippen molar-refractivity contribution in [3.8, 4) is 17.6 Å². The van der Waals surface area contributed by atoms with Crippen LogP contribution in [0.25, 0.3) is 0 Å². The van der Waals surface area contributed by atoms with Gasteiger partial charge in [0, 0.05) is 16.0 Å². The monoisotopic (exact) mass is 404 g/mol. The molecule has 1 heterocycles. The number of amides is 1. The summed E-state index contributed by atoms with van der Waals surface area (Å²) in [7, 11) is 0. The van der Waals surface area contributed by atoms with Gasteiger partial charge in [-0.25, -0.2) is 13.8 Å². The maximum absolute atomic E-state index is 14.1. The molecule has 0 saturated heterocycles. The number of primary amides is 1. The van der Waals surface area contributed by atoms with Gasteiger partial charge >= 0.3 is 0 Å². The summed E-state index contributed by atoms with van der Waals surface area (Å²) in [5.74, 6) is 2.17. The van der Waals surface area contributed by atoms with Crippen molar-refractivity contribution in [2.75, 3.05) is 0 Å². The maximum atomic E-state index is 14.1. The quantitative estimate of drug-likeness (QED) is 0.664. The minimum atomic E-state index is -1.21. The zero-order valence-electron chi connectivity index (χ0n) is 13.6. The average Bonchev–Trinajstić information content (AvgIpc) is 3.07. The summed E-state index contributed by atoms with van der Waals surface area (Å²) in [6.45, 7) is -0.0652. The fraction of sp³-hybridized carbons (Fsp3) is 0.0526. The molecule has 0 fully saturated rings. The number of nitrogens with zero attached hydrogens (tertiary/aromatic N) is 1. The second-order valence-electron chi connectivity index (χ2n) is 5.27. The van der Waals surface area contributed by atoms with Gasteiger partial charge in [0.25, 0.3) is 5.91 Å². The number of carbonyl (C=O) groups is 1.